The van der Waals surface area contributed by atoms with Gasteiger partial charge in [-0.3, -0.25) is 14.5 Å². The number of piperazine rings is 1. The van der Waals surface area contributed by atoms with E-state index in [0.717, 1.165) is 62.1 Å². The second kappa shape index (κ2) is 7.35. The molecule has 6 nitrogen and oxygen atoms in total. The van der Waals surface area contributed by atoms with Crippen LogP contribution in [-0.2, 0) is 9.53 Å². The maximum atomic E-state index is 12.4. The van der Waals surface area contributed by atoms with Crippen molar-refractivity contribution in [3.63, 3.8) is 0 Å². The standard InChI is InChI=1S/C20H21N3O3/c24-12-17-4-3-16-11-15(1-5-19(16)21-17)2-6-20(25)23-9-7-22(8-10-23)18-13-26-14-18/h1-6,11-12,18H,7-10,13-14H2/b6-2+. The first-order chi connectivity index (χ1) is 12.7. The normalized spacial score (nSPS) is 19.0. The molecule has 2 saturated heterocycles. The molecule has 3 heterocycles. The van der Waals surface area contributed by atoms with Gasteiger partial charge in [-0.25, -0.2) is 4.98 Å². The summed E-state index contributed by atoms with van der Waals surface area (Å²) in [5, 5.41) is 0.946. The second-order valence-electron chi connectivity index (χ2n) is 6.69. The summed E-state index contributed by atoms with van der Waals surface area (Å²) in [7, 11) is 0. The molecule has 4 rings (SSSR count). The molecule has 26 heavy (non-hydrogen) atoms. The van der Waals surface area contributed by atoms with Gasteiger partial charge in [-0.05, 0) is 29.8 Å². The Morgan fingerprint density at radius 2 is 1.92 bits per heavy atom. The fraction of sp³-hybridized carbons (Fsp3) is 0.350. The van der Waals surface area contributed by atoms with Crippen LogP contribution in [-0.4, -0.2) is 72.4 Å². The van der Waals surface area contributed by atoms with Crippen molar-refractivity contribution in [2.45, 2.75) is 6.04 Å². The van der Waals surface area contributed by atoms with Gasteiger partial charge in [0.1, 0.15) is 5.69 Å². The molecule has 2 aliphatic rings. The Kier molecular flexibility index (Phi) is 4.77. The zero-order chi connectivity index (χ0) is 17.9. The van der Waals surface area contributed by atoms with Gasteiger partial charge >= 0.3 is 0 Å². The average Bonchev–Trinajstić information content (AvgIpc) is 2.64. The van der Waals surface area contributed by atoms with E-state index in [-0.39, 0.29) is 5.91 Å². The Morgan fingerprint density at radius 3 is 2.62 bits per heavy atom. The van der Waals surface area contributed by atoms with Gasteiger partial charge < -0.3 is 9.64 Å². The largest absolute Gasteiger partial charge is 0.378 e. The summed E-state index contributed by atoms with van der Waals surface area (Å²) in [5.41, 5.74) is 2.13. The minimum Gasteiger partial charge on any atom is -0.378 e. The number of hydrogen-bond acceptors (Lipinski definition) is 5. The molecule has 2 fully saturated rings. The predicted molar refractivity (Wildman–Crippen MR) is 98.9 cm³/mol. The Morgan fingerprint density at radius 1 is 1.12 bits per heavy atom. The highest BCUT2D eigenvalue weighted by atomic mass is 16.5. The van der Waals surface area contributed by atoms with Crippen molar-refractivity contribution in [1.29, 1.82) is 0 Å². The number of rotatable bonds is 4. The monoisotopic (exact) mass is 351 g/mol. The van der Waals surface area contributed by atoms with E-state index in [1.807, 2.05) is 35.2 Å². The summed E-state index contributed by atoms with van der Waals surface area (Å²) in [6, 6.07) is 9.84. The minimum absolute atomic E-state index is 0.0454. The minimum atomic E-state index is 0.0454. The first kappa shape index (κ1) is 16.9. The van der Waals surface area contributed by atoms with Crippen molar-refractivity contribution in [3.8, 4) is 0 Å². The average molecular weight is 351 g/mol. The van der Waals surface area contributed by atoms with Crippen molar-refractivity contribution in [3.05, 3.63) is 47.7 Å². The Bertz CT molecular complexity index is 853. The van der Waals surface area contributed by atoms with Crippen LogP contribution >= 0.6 is 0 Å². The molecule has 1 amide bonds. The number of aldehydes is 1. The van der Waals surface area contributed by atoms with Crippen molar-refractivity contribution in [2.24, 2.45) is 0 Å². The van der Waals surface area contributed by atoms with Gasteiger partial charge in [0, 0.05) is 37.6 Å². The molecule has 0 unspecified atom stereocenters. The van der Waals surface area contributed by atoms with Gasteiger partial charge in [-0.1, -0.05) is 12.1 Å². The molecule has 0 atom stereocenters. The highest BCUT2D eigenvalue weighted by Crippen LogP contribution is 2.16. The molecule has 1 aromatic heterocycles. The molecule has 0 N–H and O–H groups in total. The summed E-state index contributed by atoms with van der Waals surface area (Å²) >= 11 is 0. The molecule has 0 saturated carbocycles. The van der Waals surface area contributed by atoms with Gasteiger partial charge in [-0.15, -0.1) is 0 Å². The molecule has 2 aliphatic heterocycles. The third kappa shape index (κ3) is 3.52. The number of nitrogens with zero attached hydrogens (tertiary/aromatic N) is 3. The lowest BCUT2D eigenvalue weighted by molar-refractivity contribution is -0.130. The number of benzene rings is 1. The molecule has 1 aromatic carbocycles. The van der Waals surface area contributed by atoms with E-state index < -0.39 is 0 Å². The summed E-state index contributed by atoms with van der Waals surface area (Å²) in [5.74, 6) is 0.0454. The van der Waals surface area contributed by atoms with Crippen molar-refractivity contribution < 1.29 is 14.3 Å². The van der Waals surface area contributed by atoms with Gasteiger partial charge in [0.15, 0.2) is 6.29 Å². The predicted octanol–water partition coefficient (Wildman–Crippen LogP) is 1.60. The number of pyridine rings is 1. The van der Waals surface area contributed by atoms with Crippen LogP contribution in [0.2, 0.25) is 0 Å². The van der Waals surface area contributed by atoms with Crippen molar-refractivity contribution in [1.82, 2.24) is 14.8 Å². The number of carbonyl (C=O) groups is 2. The second-order valence-corrected chi connectivity index (χ2v) is 6.69. The van der Waals surface area contributed by atoms with E-state index in [0.29, 0.717) is 11.7 Å². The summed E-state index contributed by atoms with van der Waals surface area (Å²) in [4.78, 5) is 31.8. The first-order valence-corrected chi connectivity index (χ1v) is 8.88. The van der Waals surface area contributed by atoms with Crippen LogP contribution < -0.4 is 0 Å². The van der Waals surface area contributed by atoms with E-state index in [2.05, 4.69) is 9.88 Å². The summed E-state index contributed by atoms with van der Waals surface area (Å²) in [6.07, 6.45) is 4.21. The fourth-order valence-corrected chi connectivity index (χ4v) is 3.34. The molecule has 0 bridgehead atoms. The Balaban J connectivity index is 1.38. The highest BCUT2D eigenvalue weighted by Gasteiger charge is 2.29. The third-order valence-corrected chi connectivity index (χ3v) is 5.04. The van der Waals surface area contributed by atoms with E-state index in [4.69, 9.17) is 4.74 Å². The quantitative estimate of drug-likeness (QED) is 0.619. The van der Waals surface area contributed by atoms with E-state index in [1.165, 1.54) is 0 Å². The van der Waals surface area contributed by atoms with Crippen LogP contribution in [0.25, 0.3) is 17.0 Å². The van der Waals surface area contributed by atoms with Crippen LogP contribution in [0.4, 0.5) is 0 Å². The Labute approximate surface area is 152 Å². The van der Waals surface area contributed by atoms with Crippen LogP contribution in [0.3, 0.4) is 0 Å². The number of hydrogen-bond donors (Lipinski definition) is 0. The number of aromatic nitrogens is 1. The number of carbonyl (C=O) groups excluding carboxylic acids is 2. The van der Waals surface area contributed by atoms with Gasteiger partial charge in [0.2, 0.25) is 5.91 Å². The number of ether oxygens (including phenoxy) is 1. The molecule has 134 valence electrons. The Hall–Kier alpha value is -2.57. The maximum Gasteiger partial charge on any atom is 0.246 e. The molecular weight excluding hydrogens is 330 g/mol. The van der Waals surface area contributed by atoms with Crippen LogP contribution in [0.15, 0.2) is 36.4 Å². The smallest absolute Gasteiger partial charge is 0.246 e. The van der Waals surface area contributed by atoms with E-state index in [1.54, 1.807) is 12.1 Å². The third-order valence-electron chi connectivity index (χ3n) is 5.04. The topological polar surface area (TPSA) is 62.7 Å². The van der Waals surface area contributed by atoms with Crippen LogP contribution in [0.1, 0.15) is 16.1 Å². The van der Waals surface area contributed by atoms with Crippen LogP contribution in [0, 0.1) is 0 Å². The van der Waals surface area contributed by atoms with Gasteiger partial charge in [0.25, 0.3) is 0 Å². The molecular formula is C20H21N3O3. The molecule has 6 heteroatoms. The summed E-state index contributed by atoms with van der Waals surface area (Å²) in [6.45, 7) is 4.98. The first-order valence-electron chi connectivity index (χ1n) is 8.88. The lowest BCUT2D eigenvalue weighted by atomic mass is 10.1. The molecule has 0 radical (unpaired) electrons. The number of fused-ring (bicyclic) bond motifs is 1. The summed E-state index contributed by atoms with van der Waals surface area (Å²) < 4.78 is 5.24. The van der Waals surface area contributed by atoms with Gasteiger partial charge in [-0.2, -0.15) is 0 Å². The zero-order valence-corrected chi connectivity index (χ0v) is 14.5. The lowest BCUT2D eigenvalue weighted by Gasteiger charge is -2.42. The van der Waals surface area contributed by atoms with E-state index >= 15 is 0 Å². The van der Waals surface area contributed by atoms with Crippen molar-refractivity contribution >= 4 is 29.2 Å². The van der Waals surface area contributed by atoms with Crippen LogP contribution in [0.5, 0.6) is 0 Å². The molecule has 0 aliphatic carbocycles. The van der Waals surface area contributed by atoms with Crippen molar-refractivity contribution in [2.75, 3.05) is 39.4 Å². The van der Waals surface area contributed by atoms with E-state index in [9.17, 15) is 9.59 Å². The SMILES string of the molecule is O=Cc1ccc2cc(/C=C/C(=O)N3CCN(C4COC4)CC3)ccc2n1. The molecule has 0 spiro atoms. The maximum absolute atomic E-state index is 12.4. The zero-order valence-electron chi connectivity index (χ0n) is 14.5. The fourth-order valence-electron chi connectivity index (χ4n) is 3.34. The lowest BCUT2D eigenvalue weighted by Crippen LogP contribution is -2.57. The molecule has 2 aromatic rings. The highest BCUT2D eigenvalue weighted by molar-refractivity contribution is 5.93. The number of amides is 1. The van der Waals surface area contributed by atoms with Gasteiger partial charge in [0.05, 0.1) is 24.8 Å².